The van der Waals surface area contributed by atoms with E-state index >= 15 is 0 Å². The molecule has 0 spiro atoms. The van der Waals surface area contributed by atoms with E-state index in [-0.39, 0.29) is 11.8 Å². The van der Waals surface area contributed by atoms with E-state index in [2.05, 4.69) is 39.6 Å². The van der Waals surface area contributed by atoms with Gasteiger partial charge in [-0.05, 0) is 74.3 Å². The Morgan fingerprint density at radius 3 is 2.44 bits per heavy atom. The average Bonchev–Trinajstić information content (AvgIpc) is 2.82. The zero-order valence-corrected chi connectivity index (χ0v) is 18.3. The number of hydrogen-bond acceptors (Lipinski definition) is 4. The summed E-state index contributed by atoms with van der Waals surface area (Å²) >= 11 is 0. The molecule has 32 heavy (non-hydrogen) atoms. The highest BCUT2D eigenvalue weighted by atomic mass is 16.2. The van der Waals surface area contributed by atoms with Gasteiger partial charge in [0.2, 0.25) is 0 Å². The van der Waals surface area contributed by atoms with Crippen LogP contribution in [-0.2, 0) is 6.54 Å². The average molecular weight is 429 g/mol. The lowest BCUT2D eigenvalue weighted by atomic mass is 10.0. The third kappa shape index (κ3) is 5.59. The van der Waals surface area contributed by atoms with Crippen LogP contribution in [0.25, 0.3) is 0 Å². The van der Waals surface area contributed by atoms with Gasteiger partial charge in [0.25, 0.3) is 11.8 Å². The number of aromatic nitrogens is 1. The Balaban J connectivity index is 1.36. The topological polar surface area (TPSA) is 74.3 Å². The maximum atomic E-state index is 12.7. The van der Waals surface area contributed by atoms with Gasteiger partial charge in [-0.1, -0.05) is 24.6 Å². The van der Waals surface area contributed by atoms with Gasteiger partial charge in [-0.15, -0.1) is 0 Å². The molecule has 0 saturated carbocycles. The van der Waals surface area contributed by atoms with Crippen molar-refractivity contribution in [3.05, 3.63) is 89.7 Å². The number of likely N-dealkylation sites (tertiary alicyclic amines) is 1. The van der Waals surface area contributed by atoms with Gasteiger partial charge in [0, 0.05) is 41.9 Å². The van der Waals surface area contributed by atoms with Crippen molar-refractivity contribution in [2.45, 2.75) is 38.8 Å². The molecule has 1 aromatic heterocycles. The van der Waals surface area contributed by atoms with E-state index in [1.807, 2.05) is 12.1 Å². The summed E-state index contributed by atoms with van der Waals surface area (Å²) in [5.74, 6) is -0.492. The predicted octanol–water partition coefficient (Wildman–Crippen LogP) is 4.96. The lowest BCUT2D eigenvalue weighted by molar-refractivity contribution is 0.101. The van der Waals surface area contributed by atoms with Crippen LogP contribution in [0.2, 0.25) is 0 Å². The lowest BCUT2D eigenvalue weighted by Gasteiger charge is -2.33. The summed E-state index contributed by atoms with van der Waals surface area (Å²) in [6.45, 7) is 4.38. The number of anilines is 2. The molecular weight excluding hydrogens is 400 g/mol. The summed E-state index contributed by atoms with van der Waals surface area (Å²) < 4.78 is 0. The molecule has 2 N–H and O–H groups in total. The summed E-state index contributed by atoms with van der Waals surface area (Å²) in [6.07, 6.45) is 6.96. The summed E-state index contributed by atoms with van der Waals surface area (Å²) in [5, 5.41) is 5.74. The minimum Gasteiger partial charge on any atom is -0.322 e. The second kappa shape index (κ2) is 10.2. The number of benzene rings is 2. The van der Waals surface area contributed by atoms with Crippen LogP contribution in [0.5, 0.6) is 0 Å². The Morgan fingerprint density at radius 1 is 0.938 bits per heavy atom. The molecule has 1 saturated heterocycles. The van der Waals surface area contributed by atoms with E-state index in [9.17, 15) is 9.59 Å². The number of rotatable bonds is 6. The minimum atomic E-state index is -0.269. The Bertz CT molecular complexity index is 1070. The SMILES string of the molecule is CC1CCCCN1Cc1ccc(NC(=O)c2cccc(NC(=O)c3cccnc3)c2)cc1. The number of nitrogens with zero attached hydrogens (tertiary/aromatic N) is 2. The van der Waals surface area contributed by atoms with Crippen molar-refractivity contribution in [2.24, 2.45) is 0 Å². The van der Waals surface area contributed by atoms with Gasteiger partial charge >= 0.3 is 0 Å². The Hall–Kier alpha value is -3.51. The molecular formula is C26H28N4O2. The molecule has 6 heteroatoms. The molecule has 6 nitrogen and oxygen atoms in total. The predicted molar refractivity (Wildman–Crippen MR) is 127 cm³/mol. The van der Waals surface area contributed by atoms with E-state index < -0.39 is 0 Å². The van der Waals surface area contributed by atoms with Crippen LogP contribution in [0.3, 0.4) is 0 Å². The van der Waals surface area contributed by atoms with E-state index in [1.54, 1.807) is 42.6 Å². The van der Waals surface area contributed by atoms with Crippen molar-refractivity contribution in [2.75, 3.05) is 17.2 Å². The molecule has 4 rings (SSSR count). The molecule has 2 aromatic carbocycles. The first-order chi connectivity index (χ1) is 15.6. The van der Waals surface area contributed by atoms with Crippen LogP contribution >= 0.6 is 0 Å². The highest BCUT2D eigenvalue weighted by Crippen LogP contribution is 2.20. The maximum absolute atomic E-state index is 12.7. The molecule has 1 aliphatic rings. The monoisotopic (exact) mass is 428 g/mol. The molecule has 164 valence electrons. The first-order valence-corrected chi connectivity index (χ1v) is 11.0. The normalized spacial score (nSPS) is 16.3. The molecule has 3 aromatic rings. The second-order valence-corrected chi connectivity index (χ2v) is 8.24. The molecule has 2 amide bonds. The number of amides is 2. The van der Waals surface area contributed by atoms with Crippen LogP contribution in [0.4, 0.5) is 11.4 Å². The van der Waals surface area contributed by atoms with E-state index in [0.717, 1.165) is 18.8 Å². The number of piperidine rings is 1. The number of carbonyl (C=O) groups is 2. The summed E-state index contributed by atoms with van der Waals surface area (Å²) in [7, 11) is 0. The van der Waals surface area contributed by atoms with Crippen molar-refractivity contribution in [3.63, 3.8) is 0 Å². The van der Waals surface area contributed by atoms with Crippen LogP contribution < -0.4 is 10.6 Å². The number of nitrogens with one attached hydrogen (secondary N) is 2. The Morgan fingerprint density at radius 2 is 1.69 bits per heavy atom. The maximum Gasteiger partial charge on any atom is 0.257 e. The molecule has 0 bridgehead atoms. The zero-order chi connectivity index (χ0) is 22.3. The van der Waals surface area contributed by atoms with Crippen LogP contribution in [0.15, 0.2) is 73.1 Å². The highest BCUT2D eigenvalue weighted by molar-refractivity contribution is 6.07. The molecule has 0 aliphatic carbocycles. The Kier molecular flexibility index (Phi) is 6.92. The third-order valence-electron chi connectivity index (χ3n) is 5.84. The standard InChI is InChI=1S/C26H28N4O2/c1-19-6-2-3-15-30(19)18-20-10-12-23(13-11-20)28-25(31)21-7-4-9-24(16-21)29-26(32)22-8-5-14-27-17-22/h4-5,7-14,16-17,19H,2-3,6,15,18H2,1H3,(H,28,31)(H,29,32). The highest BCUT2D eigenvalue weighted by Gasteiger charge is 2.18. The fourth-order valence-electron chi connectivity index (χ4n) is 3.96. The van der Waals surface area contributed by atoms with E-state index in [1.165, 1.54) is 31.0 Å². The molecule has 0 radical (unpaired) electrons. The van der Waals surface area contributed by atoms with Crippen molar-refractivity contribution in [3.8, 4) is 0 Å². The molecule has 2 heterocycles. The van der Waals surface area contributed by atoms with Crippen molar-refractivity contribution in [1.29, 1.82) is 0 Å². The van der Waals surface area contributed by atoms with Gasteiger partial charge in [-0.3, -0.25) is 19.5 Å². The molecule has 1 fully saturated rings. The van der Waals surface area contributed by atoms with Crippen molar-refractivity contribution < 1.29 is 9.59 Å². The van der Waals surface area contributed by atoms with Gasteiger partial charge in [0.1, 0.15) is 0 Å². The van der Waals surface area contributed by atoms with Gasteiger partial charge in [0.15, 0.2) is 0 Å². The van der Waals surface area contributed by atoms with Crippen LogP contribution in [0.1, 0.15) is 52.5 Å². The van der Waals surface area contributed by atoms with E-state index in [4.69, 9.17) is 0 Å². The largest absolute Gasteiger partial charge is 0.322 e. The van der Waals surface area contributed by atoms with Crippen molar-refractivity contribution >= 4 is 23.2 Å². The lowest BCUT2D eigenvalue weighted by Crippen LogP contribution is -2.36. The fourth-order valence-corrected chi connectivity index (χ4v) is 3.96. The minimum absolute atomic E-state index is 0.222. The number of hydrogen-bond donors (Lipinski definition) is 2. The quantitative estimate of drug-likeness (QED) is 0.582. The van der Waals surface area contributed by atoms with Gasteiger partial charge in [0.05, 0.1) is 5.56 Å². The summed E-state index contributed by atoms with van der Waals surface area (Å²) in [5.41, 5.74) is 3.48. The first kappa shape index (κ1) is 21.7. The Labute approximate surface area is 188 Å². The van der Waals surface area contributed by atoms with Crippen LogP contribution in [0, 0.1) is 0 Å². The zero-order valence-electron chi connectivity index (χ0n) is 18.3. The van der Waals surface area contributed by atoms with E-state index in [0.29, 0.717) is 22.9 Å². The number of pyridine rings is 1. The smallest absolute Gasteiger partial charge is 0.257 e. The van der Waals surface area contributed by atoms with Crippen molar-refractivity contribution in [1.82, 2.24) is 9.88 Å². The molecule has 1 atom stereocenters. The molecule has 1 aliphatic heterocycles. The van der Waals surface area contributed by atoms with Gasteiger partial charge in [-0.25, -0.2) is 0 Å². The first-order valence-electron chi connectivity index (χ1n) is 11.0. The number of carbonyl (C=O) groups excluding carboxylic acids is 2. The van der Waals surface area contributed by atoms with Gasteiger partial charge < -0.3 is 10.6 Å². The van der Waals surface area contributed by atoms with Gasteiger partial charge in [-0.2, -0.15) is 0 Å². The van der Waals surface area contributed by atoms with Crippen LogP contribution in [-0.4, -0.2) is 34.3 Å². The fraction of sp³-hybridized carbons (Fsp3) is 0.269. The second-order valence-electron chi connectivity index (χ2n) is 8.24. The summed E-state index contributed by atoms with van der Waals surface area (Å²) in [4.78, 5) is 31.5. The molecule has 1 unspecified atom stereocenters. The third-order valence-corrected chi connectivity index (χ3v) is 5.84. The summed E-state index contributed by atoms with van der Waals surface area (Å²) in [6, 6.07) is 18.9.